The first-order chi connectivity index (χ1) is 9.19. The van der Waals surface area contributed by atoms with Crippen LogP contribution in [0.3, 0.4) is 0 Å². The van der Waals surface area contributed by atoms with Crippen molar-refractivity contribution in [1.82, 2.24) is 19.7 Å². The van der Waals surface area contributed by atoms with E-state index in [2.05, 4.69) is 20.5 Å². The molecule has 0 spiro atoms. The number of nitrogens with zero attached hydrogens (tertiary/aromatic N) is 4. The minimum Gasteiger partial charge on any atom is -0.292 e. The number of hydrazine groups is 1. The van der Waals surface area contributed by atoms with Crippen molar-refractivity contribution in [1.29, 1.82) is 0 Å². The Morgan fingerprint density at radius 2 is 1.95 bits per heavy atom. The second-order valence-corrected chi connectivity index (χ2v) is 4.37. The summed E-state index contributed by atoms with van der Waals surface area (Å²) in [6.07, 6.45) is 0. The number of nitrogens with one attached hydrogen (secondary N) is 1. The van der Waals surface area contributed by atoms with Crippen LogP contribution in [-0.2, 0) is 0 Å². The number of hydrogen-bond acceptors (Lipinski definition) is 5. The van der Waals surface area contributed by atoms with Gasteiger partial charge in [0.25, 0.3) is 0 Å². The van der Waals surface area contributed by atoms with Crippen LogP contribution in [0.15, 0.2) is 30.3 Å². The van der Waals surface area contributed by atoms with Crippen LogP contribution < -0.4 is 11.3 Å². The van der Waals surface area contributed by atoms with Gasteiger partial charge in [0.15, 0.2) is 5.82 Å². The van der Waals surface area contributed by atoms with E-state index in [4.69, 9.17) is 5.84 Å². The summed E-state index contributed by atoms with van der Waals surface area (Å²) < 4.78 is 1.81. The van der Waals surface area contributed by atoms with E-state index in [1.54, 1.807) is 4.68 Å². The number of hydrogen-bond donors (Lipinski definition) is 2. The lowest BCUT2D eigenvalue weighted by Gasteiger charge is -2.09. The molecular weight excluding hydrogens is 240 g/mol. The third-order valence-electron chi connectivity index (χ3n) is 2.92. The molecule has 0 saturated carbocycles. The molecule has 6 nitrogen and oxygen atoms in total. The highest BCUT2D eigenvalue weighted by molar-refractivity contribution is 5.86. The van der Waals surface area contributed by atoms with E-state index >= 15 is 0 Å². The summed E-state index contributed by atoms with van der Waals surface area (Å²) in [6, 6.07) is 9.79. The van der Waals surface area contributed by atoms with Crippen LogP contribution in [-0.4, -0.2) is 19.7 Å². The highest BCUT2D eigenvalue weighted by atomic mass is 15.4. The topological polar surface area (TPSA) is 81.7 Å². The average Bonchev–Trinajstić information content (AvgIpc) is 2.76. The predicted molar refractivity (Wildman–Crippen MR) is 73.9 cm³/mol. The molecule has 2 aromatic heterocycles. The number of fused-ring (bicyclic) bond motifs is 1. The van der Waals surface area contributed by atoms with E-state index in [9.17, 15) is 0 Å². The molecule has 3 rings (SSSR count). The summed E-state index contributed by atoms with van der Waals surface area (Å²) in [4.78, 5) is 8.75. The van der Waals surface area contributed by atoms with E-state index in [0.717, 1.165) is 28.1 Å². The lowest BCUT2D eigenvalue weighted by atomic mass is 10.2. The Balaban J connectivity index is 2.35. The second-order valence-electron chi connectivity index (χ2n) is 4.37. The zero-order valence-electron chi connectivity index (χ0n) is 10.8. The van der Waals surface area contributed by atoms with E-state index in [1.165, 1.54) is 0 Å². The Bertz CT molecular complexity index is 746. The number of nitrogens with two attached hydrogens (primary N) is 1. The normalized spacial score (nSPS) is 10.9. The number of nitrogen functional groups attached to an aromatic ring is 1. The van der Waals surface area contributed by atoms with E-state index in [1.807, 2.05) is 44.2 Å². The van der Waals surface area contributed by atoms with Crippen LogP contribution in [0.2, 0.25) is 0 Å². The van der Waals surface area contributed by atoms with Gasteiger partial charge < -0.3 is 0 Å². The lowest BCUT2D eigenvalue weighted by molar-refractivity contribution is 0.810. The van der Waals surface area contributed by atoms with E-state index in [-0.39, 0.29) is 0 Å². The van der Waals surface area contributed by atoms with Gasteiger partial charge in [-0.25, -0.2) is 15.5 Å². The van der Waals surface area contributed by atoms with Crippen molar-refractivity contribution >= 4 is 16.9 Å². The molecule has 0 aliphatic carbocycles. The third-order valence-corrected chi connectivity index (χ3v) is 2.92. The largest absolute Gasteiger partial charge is 0.292 e. The molecule has 0 unspecified atom stereocenters. The molecule has 0 amide bonds. The van der Waals surface area contributed by atoms with Gasteiger partial charge in [-0.2, -0.15) is 10.1 Å². The SMILES string of the molecule is Cc1cc(C)n(-c2nc(NN)nc3ccccc23)n1. The highest BCUT2D eigenvalue weighted by Gasteiger charge is 2.11. The Morgan fingerprint density at radius 1 is 1.16 bits per heavy atom. The van der Waals surface area contributed by atoms with Crippen molar-refractivity contribution in [2.45, 2.75) is 13.8 Å². The van der Waals surface area contributed by atoms with Crippen molar-refractivity contribution in [3.05, 3.63) is 41.7 Å². The molecule has 2 heterocycles. The predicted octanol–water partition coefficient (Wildman–Crippen LogP) is 1.72. The minimum atomic E-state index is 0.376. The van der Waals surface area contributed by atoms with Gasteiger partial charge in [0.05, 0.1) is 11.2 Å². The first-order valence-corrected chi connectivity index (χ1v) is 5.96. The Labute approximate surface area is 110 Å². The van der Waals surface area contributed by atoms with Crippen LogP contribution in [0.4, 0.5) is 5.95 Å². The highest BCUT2D eigenvalue weighted by Crippen LogP contribution is 2.21. The fraction of sp³-hybridized carbons (Fsp3) is 0.154. The zero-order valence-corrected chi connectivity index (χ0v) is 10.8. The maximum absolute atomic E-state index is 5.43. The van der Waals surface area contributed by atoms with Gasteiger partial charge in [-0.05, 0) is 32.0 Å². The zero-order chi connectivity index (χ0) is 13.4. The second kappa shape index (κ2) is 4.33. The van der Waals surface area contributed by atoms with Crippen molar-refractivity contribution in [3.8, 4) is 5.82 Å². The number of aryl methyl sites for hydroxylation is 2. The molecule has 0 atom stereocenters. The molecule has 96 valence electrons. The van der Waals surface area contributed by atoms with Crippen LogP contribution in [0.5, 0.6) is 0 Å². The molecule has 0 aliphatic heterocycles. The standard InChI is InChI=1S/C13H14N6/c1-8-7-9(2)19(18-8)12-10-5-3-4-6-11(10)15-13(16-12)17-14/h3-7H,14H2,1-2H3,(H,15,16,17). The van der Waals surface area contributed by atoms with Gasteiger partial charge in [0.1, 0.15) is 0 Å². The molecule has 19 heavy (non-hydrogen) atoms. The Morgan fingerprint density at radius 3 is 2.63 bits per heavy atom. The summed E-state index contributed by atoms with van der Waals surface area (Å²) in [6.45, 7) is 3.95. The van der Waals surface area contributed by atoms with Gasteiger partial charge in [-0.15, -0.1) is 0 Å². The number of aromatic nitrogens is 4. The van der Waals surface area contributed by atoms with Crippen LogP contribution in [0.25, 0.3) is 16.7 Å². The smallest absolute Gasteiger partial charge is 0.239 e. The summed E-state index contributed by atoms with van der Waals surface area (Å²) in [5.74, 6) is 6.53. The minimum absolute atomic E-state index is 0.376. The maximum Gasteiger partial charge on any atom is 0.239 e. The Kier molecular flexibility index (Phi) is 2.64. The van der Waals surface area contributed by atoms with Gasteiger partial charge >= 0.3 is 0 Å². The Hall–Kier alpha value is -2.47. The van der Waals surface area contributed by atoms with Crippen molar-refractivity contribution in [2.75, 3.05) is 5.43 Å². The fourth-order valence-electron chi connectivity index (χ4n) is 2.13. The first-order valence-electron chi connectivity index (χ1n) is 5.96. The molecule has 0 aliphatic rings. The number of para-hydroxylation sites is 1. The van der Waals surface area contributed by atoms with Crippen molar-refractivity contribution in [3.63, 3.8) is 0 Å². The van der Waals surface area contributed by atoms with Crippen molar-refractivity contribution in [2.24, 2.45) is 5.84 Å². The van der Waals surface area contributed by atoms with E-state index in [0.29, 0.717) is 5.95 Å². The molecule has 0 saturated heterocycles. The molecule has 1 aromatic carbocycles. The third kappa shape index (κ3) is 1.92. The van der Waals surface area contributed by atoms with Crippen molar-refractivity contribution < 1.29 is 0 Å². The van der Waals surface area contributed by atoms with Gasteiger partial charge in [-0.1, -0.05) is 12.1 Å². The van der Waals surface area contributed by atoms with Crippen LogP contribution in [0, 0.1) is 13.8 Å². The van der Waals surface area contributed by atoms with Crippen LogP contribution in [0.1, 0.15) is 11.4 Å². The molecule has 0 radical (unpaired) electrons. The number of benzene rings is 1. The lowest BCUT2D eigenvalue weighted by Crippen LogP contribution is -2.13. The van der Waals surface area contributed by atoms with Gasteiger partial charge in [-0.3, -0.25) is 5.43 Å². The summed E-state index contributed by atoms with van der Waals surface area (Å²) in [5, 5.41) is 5.40. The van der Waals surface area contributed by atoms with Gasteiger partial charge in [0.2, 0.25) is 5.95 Å². The number of anilines is 1. The van der Waals surface area contributed by atoms with Crippen LogP contribution >= 0.6 is 0 Å². The molecule has 3 aromatic rings. The fourth-order valence-corrected chi connectivity index (χ4v) is 2.13. The first kappa shape index (κ1) is 11.6. The number of rotatable bonds is 2. The van der Waals surface area contributed by atoms with E-state index < -0.39 is 0 Å². The molecular formula is C13H14N6. The average molecular weight is 254 g/mol. The summed E-state index contributed by atoms with van der Waals surface area (Å²) in [5.41, 5.74) is 5.28. The van der Waals surface area contributed by atoms with Gasteiger partial charge in [0, 0.05) is 11.1 Å². The molecule has 0 bridgehead atoms. The molecule has 0 fully saturated rings. The molecule has 6 heteroatoms. The monoisotopic (exact) mass is 254 g/mol. The molecule has 3 N–H and O–H groups in total. The summed E-state index contributed by atoms with van der Waals surface area (Å²) in [7, 11) is 0. The maximum atomic E-state index is 5.43. The quantitative estimate of drug-likeness (QED) is 0.537. The summed E-state index contributed by atoms with van der Waals surface area (Å²) >= 11 is 0.